The van der Waals surface area contributed by atoms with Gasteiger partial charge in [-0.3, -0.25) is 0 Å². The first-order valence-corrected chi connectivity index (χ1v) is 8.39. The molecular weight excluding hydrogens is 372 g/mol. The van der Waals surface area contributed by atoms with Gasteiger partial charge in [0.1, 0.15) is 0 Å². The Morgan fingerprint density at radius 3 is 1.86 bits per heavy atom. The van der Waals surface area contributed by atoms with Crippen molar-refractivity contribution in [3.8, 4) is 22.3 Å². The van der Waals surface area contributed by atoms with Gasteiger partial charge in [-0.2, -0.15) is 30.3 Å². The molecule has 0 aliphatic carbocycles. The van der Waals surface area contributed by atoms with Gasteiger partial charge >= 0.3 is 27.7 Å². The van der Waals surface area contributed by atoms with Crippen LogP contribution in [0, 0.1) is 6.07 Å². The second-order valence-electron chi connectivity index (χ2n) is 4.42. The van der Waals surface area contributed by atoms with Crippen molar-refractivity contribution in [1.29, 1.82) is 0 Å². The van der Waals surface area contributed by atoms with E-state index in [9.17, 15) is 0 Å². The third-order valence-corrected chi connectivity index (χ3v) is 3.21. The molecule has 0 spiro atoms. The summed E-state index contributed by atoms with van der Waals surface area (Å²) < 4.78 is 0. The van der Waals surface area contributed by atoms with E-state index < -0.39 is 0 Å². The molecule has 0 fully saturated rings. The van der Waals surface area contributed by atoms with Crippen LogP contribution >= 0.6 is 9.53 Å². The van der Waals surface area contributed by atoms with E-state index in [4.69, 9.17) is 5.73 Å². The summed E-state index contributed by atoms with van der Waals surface area (Å²) in [5, 5.41) is 0. The fraction of sp³-hybridized carbons (Fsp3) is 0. The number of para-hydroxylation sites is 1. The van der Waals surface area contributed by atoms with Crippen molar-refractivity contribution in [3.63, 3.8) is 0 Å². The quantitative estimate of drug-likeness (QED) is 0.371. The summed E-state index contributed by atoms with van der Waals surface area (Å²) >= 11 is 2.22. The van der Waals surface area contributed by atoms with Crippen LogP contribution in [0.25, 0.3) is 22.3 Å². The normalized spacial score (nSPS) is 9.67. The van der Waals surface area contributed by atoms with Gasteiger partial charge in [0, 0.05) is 11.3 Å². The van der Waals surface area contributed by atoms with Crippen LogP contribution in [-0.4, -0.2) is 0 Å². The van der Waals surface area contributed by atoms with Gasteiger partial charge in [-0.05, 0) is 17.2 Å². The number of nitrogens with two attached hydrogens (primary N) is 1. The predicted octanol–water partition coefficient (Wildman–Crippen LogP) is 5.09. The molecule has 0 heterocycles. The Hall–Kier alpha value is -1.59. The maximum absolute atomic E-state index is 6.09. The van der Waals surface area contributed by atoms with E-state index in [1.165, 1.54) is 11.1 Å². The second kappa shape index (κ2) is 8.00. The van der Waals surface area contributed by atoms with E-state index in [2.05, 4.69) is 70.2 Å². The van der Waals surface area contributed by atoms with Crippen LogP contribution < -0.4 is 5.73 Å². The van der Waals surface area contributed by atoms with Crippen LogP contribution in [0.4, 0.5) is 5.69 Å². The number of rotatable bonds is 2. The van der Waals surface area contributed by atoms with Crippen molar-refractivity contribution in [2.45, 2.75) is 0 Å². The van der Waals surface area contributed by atoms with Gasteiger partial charge in [0.15, 0.2) is 0 Å². The Morgan fingerprint density at radius 1 is 0.714 bits per heavy atom. The molecule has 0 bridgehead atoms. The van der Waals surface area contributed by atoms with E-state index in [1.54, 1.807) is 0 Å². The van der Waals surface area contributed by atoms with Crippen LogP contribution in [0.3, 0.4) is 0 Å². The summed E-state index contributed by atoms with van der Waals surface area (Å²) in [6.45, 7) is 0. The van der Waals surface area contributed by atoms with Crippen LogP contribution in [0.15, 0.2) is 72.8 Å². The summed E-state index contributed by atoms with van der Waals surface area (Å²) in [6, 6.07) is 27.3. The predicted molar refractivity (Wildman–Crippen MR) is 86.4 cm³/mol. The van der Waals surface area contributed by atoms with Crippen molar-refractivity contribution in [2.24, 2.45) is 0 Å². The molecule has 0 saturated carbocycles. The van der Waals surface area contributed by atoms with E-state index in [0.29, 0.717) is 0 Å². The van der Waals surface area contributed by atoms with Gasteiger partial charge in [-0.1, -0.05) is 42.5 Å². The molecule has 0 amide bonds. The van der Waals surface area contributed by atoms with Crippen molar-refractivity contribution in [1.82, 2.24) is 0 Å². The molecular formula is C18H14ClNPd. The molecule has 0 unspecified atom stereocenters. The minimum atomic E-state index is 0.803. The molecule has 3 rings (SSSR count). The van der Waals surface area contributed by atoms with E-state index in [0.717, 1.165) is 16.8 Å². The fourth-order valence-electron chi connectivity index (χ4n) is 2.28. The first-order valence-electron chi connectivity index (χ1n) is 6.38. The topological polar surface area (TPSA) is 26.0 Å². The number of hydrogen-bond acceptors (Lipinski definition) is 1. The van der Waals surface area contributed by atoms with Crippen molar-refractivity contribution in [3.05, 3.63) is 78.9 Å². The summed E-state index contributed by atoms with van der Waals surface area (Å²) in [6.07, 6.45) is 0. The van der Waals surface area contributed by atoms with Crippen molar-refractivity contribution in [2.75, 3.05) is 5.73 Å². The Kier molecular flexibility index (Phi) is 6.02. The Morgan fingerprint density at radius 2 is 1.24 bits per heavy atom. The Labute approximate surface area is 140 Å². The zero-order valence-corrected chi connectivity index (χ0v) is 13.5. The Bertz CT molecular complexity index is 698. The van der Waals surface area contributed by atoms with Crippen molar-refractivity contribution < 1.29 is 18.2 Å². The Balaban J connectivity index is 0.000000774. The third kappa shape index (κ3) is 3.74. The monoisotopic (exact) mass is 385 g/mol. The van der Waals surface area contributed by atoms with Gasteiger partial charge in [0.2, 0.25) is 0 Å². The molecule has 3 aromatic carbocycles. The zero-order chi connectivity index (χ0) is 15.1. The van der Waals surface area contributed by atoms with Crippen LogP contribution in [-0.2, 0) is 18.2 Å². The number of benzene rings is 3. The van der Waals surface area contributed by atoms with Gasteiger partial charge in [0.05, 0.1) is 0 Å². The molecule has 2 N–H and O–H groups in total. The summed E-state index contributed by atoms with van der Waals surface area (Å²) in [5.74, 6) is 0. The molecule has 0 saturated heterocycles. The SMILES string of the molecule is Nc1ccccc1-c1ccccc1-c1cc[c-]cc1.[Cl][Pd+]. The first-order chi connectivity index (χ1) is 10.4. The molecule has 1 nitrogen and oxygen atoms in total. The maximum atomic E-state index is 6.09. The molecule has 3 heteroatoms. The molecule has 0 atom stereocenters. The molecule has 0 aliphatic heterocycles. The van der Waals surface area contributed by atoms with Gasteiger partial charge < -0.3 is 5.73 Å². The minimum absolute atomic E-state index is 0.803. The van der Waals surface area contributed by atoms with E-state index in [1.807, 2.05) is 36.4 Å². The summed E-state index contributed by atoms with van der Waals surface area (Å²) in [4.78, 5) is 0. The molecule has 0 aromatic heterocycles. The van der Waals surface area contributed by atoms with Crippen LogP contribution in [0.5, 0.6) is 0 Å². The zero-order valence-electron chi connectivity index (χ0n) is 11.2. The average Bonchev–Trinajstić information content (AvgIpc) is 2.58. The van der Waals surface area contributed by atoms with E-state index in [-0.39, 0.29) is 0 Å². The molecule has 3 aromatic rings. The fourth-order valence-corrected chi connectivity index (χ4v) is 2.28. The van der Waals surface area contributed by atoms with Crippen molar-refractivity contribution >= 4 is 15.2 Å². The number of hydrogen-bond donors (Lipinski definition) is 1. The number of nitrogen functional groups attached to an aromatic ring is 1. The third-order valence-electron chi connectivity index (χ3n) is 3.21. The van der Waals surface area contributed by atoms with Gasteiger partial charge in [-0.25, -0.2) is 0 Å². The van der Waals surface area contributed by atoms with Crippen LogP contribution in [0.1, 0.15) is 0 Å². The first kappa shape index (κ1) is 15.8. The van der Waals surface area contributed by atoms with Gasteiger partial charge in [0.25, 0.3) is 0 Å². The number of halogens is 1. The standard InChI is InChI=1S/C18H14N.ClH.Pd/c19-18-13-7-6-12-17(18)16-11-5-4-10-15(16)14-8-2-1-3-9-14;;/h2-13H,19H2;1H;/q-1;;+2/p-1. The van der Waals surface area contributed by atoms with E-state index >= 15 is 0 Å². The molecule has 21 heavy (non-hydrogen) atoms. The second-order valence-corrected chi connectivity index (χ2v) is 4.42. The summed E-state index contributed by atoms with van der Waals surface area (Å²) in [5.41, 5.74) is 11.5. The number of anilines is 1. The van der Waals surface area contributed by atoms with Gasteiger partial charge in [-0.15, -0.1) is 5.56 Å². The van der Waals surface area contributed by atoms with Crippen LogP contribution in [0.2, 0.25) is 0 Å². The average molecular weight is 386 g/mol. The molecule has 0 aliphatic rings. The molecule has 0 radical (unpaired) electrons. The summed E-state index contributed by atoms with van der Waals surface area (Å²) in [7, 11) is 4.49. The molecule has 108 valence electrons.